The van der Waals surface area contributed by atoms with E-state index in [-0.39, 0.29) is 11.8 Å². The van der Waals surface area contributed by atoms with Crippen LogP contribution in [-0.4, -0.2) is 33.2 Å². The molecule has 0 spiro atoms. The van der Waals surface area contributed by atoms with E-state index in [1.807, 2.05) is 32.0 Å². The van der Waals surface area contributed by atoms with Gasteiger partial charge in [0, 0.05) is 5.69 Å². The topological polar surface area (TPSA) is 75.7 Å². The lowest BCUT2D eigenvalue weighted by Gasteiger charge is -2.30. The fourth-order valence-electron chi connectivity index (χ4n) is 3.47. The third-order valence-electron chi connectivity index (χ3n) is 4.91. The van der Waals surface area contributed by atoms with Gasteiger partial charge in [-0.05, 0) is 61.6 Å². The molecule has 1 N–H and O–H groups in total. The van der Waals surface area contributed by atoms with Crippen LogP contribution in [-0.2, 0) is 14.8 Å². The van der Waals surface area contributed by atoms with Crippen molar-refractivity contribution in [3.05, 3.63) is 53.6 Å². The minimum atomic E-state index is -3.70. The molecule has 0 aliphatic heterocycles. The van der Waals surface area contributed by atoms with Gasteiger partial charge in [-0.2, -0.15) is 0 Å². The summed E-state index contributed by atoms with van der Waals surface area (Å²) in [6, 6.07) is 11.7. The third kappa shape index (κ3) is 5.53. The molecule has 7 heteroatoms. The van der Waals surface area contributed by atoms with Crippen molar-refractivity contribution in [2.45, 2.75) is 53.0 Å². The molecule has 0 bridgehead atoms. The molecule has 0 radical (unpaired) electrons. The van der Waals surface area contributed by atoms with Crippen LogP contribution in [0.2, 0.25) is 0 Å². The number of carbonyl (C=O) groups excluding carboxylic acids is 1. The molecule has 6 nitrogen and oxygen atoms in total. The minimum Gasteiger partial charge on any atom is -0.494 e. The number of nitrogens with zero attached hydrogens (tertiary/aromatic N) is 1. The van der Waals surface area contributed by atoms with Crippen LogP contribution in [0.3, 0.4) is 0 Å². The van der Waals surface area contributed by atoms with E-state index in [1.165, 1.54) is 4.31 Å². The van der Waals surface area contributed by atoms with Gasteiger partial charge in [-0.25, -0.2) is 8.42 Å². The molecule has 0 heterocycles. The Morgan fingerprint density at radius 3 is 2.23 bits per heavy atom. The Bertz CT molecular complexity index is 969. The minimum absolute atomic E-state index is 0.220. The molecule has 2 aromatic carbocycles. The summed E-state index contributed by atoms with van der Waals surface area (Å²) in [5.74, 6) is 0.513. The lowest BCUT2D eigenvalue weighted by atomic mass is 9.98. The van der Waals surface area contributed by atoms with Crippen molar-refractivity contribution in [1.29, 1.82) is 0 Å². The average molecular weight is 433 g/mol. The number of nitrogens with one attached hydrogen (secondary N) is 1. The first-order valence-corrected chi connectivity index (χ1v) is 12.1. The number of benzene rings is 2. The van der Waals surface area contributed by atoms with E-state index < -0.39 is 16.1 Å². The van der Waals surface area contributed by atoms with Crippen molar-refractivity contribution in [2.75, 3.05) is 22.5 Å². The van der Waals surface area contributed by atoms with Crippen LogP contribution >= 0.6 is 0 Å². The second-order valence-corrected chi connectivity index (χ2v) is 9.45. The summed E-state index contributed by atoms with van der Waals surface area (Å²) in [6.07, 6.45) is 1.45. The first kappa shape index (κ1) is 23.7. The van der Waals surface area contributed by atoms with Gasteiger partial charge in [0.25, 0.3) is 0 Å². The highest BCUT2D eigenvalue weighted by atomic mass is 32.2. The van der Waals surface area contributed by atoms with Gasteiger partial charge in [0.1, 0.15) is 11.8 Å². The molecular formula is C23H32N2O4S. The number of anilines is 2. The Morgan fingerprint density at radius 1 is 1.10 bits per heavy atom. The van der Waals surface area contributed by atoms with Crippen LogP contribution in [0.1, 0.15) is 51.2 Å². The molecule has 0 fully saturated rings. The summed E-state index contributed by atoms with van der Waals surface area (Å²) < 4.78 is 31.9. The second kappa shape index (κ2) is 9.98. The SMILES string of the molecule is CCOc1ccc(N([C@H](CC)C(=O)Nc2c(C)cccc2C(C)C)S(C)(=O)=O)cc1. The number of hydrogen-bond acceptors (Lipinski definition) is 4. The maximum absolute atomic E-state index is 13.3. The predicted octanol–water partition coefficient (Wildman–Crippen LogP) is 4.70. The predicted molar refractivity (Wildman–Crippen MR) is 123 cm³/mol. The van der Waals surface area contributed by atoms with Gasteiger partial charge >= 0.3 is 0 Å². The van der Waals surface area contributed by atoms with Crippen LogP contribution < -0.4 is 14.4 Å². The molecule has 164 valence electrons. The summed E-state index contributed by atoms with van der Waals surface area (Å²) in [6.45, 7) is 10.3. The first-order chi connectivity index (χ1) is 14.1. The molecule has 0 saturated carbocycles. The lowest BCUT2D eigenvalue weighted by Crippen LogP contribution is -2.47. The Kier molecular flexibility index (Phi) is 7.89. The Labute approximate surface area is 180 Å². The van der Waals surface area contributed by atoms with Crippen molar-refractivity contribution in [2.24, 2.45) is 0 Å². The van der Waals surface area contributed by atoms with Crippen LogP contribution in [0.15, 0.2) is 42.5 Å². The number of aryl methyl sites for hydroxylation is 1. The average Bonchev–Trinajstić information content (AvgIpc) is 2.67. The Hall–Kier alpha value is -2.54. The number of rotatable bonds is 9. The van der Waals surface area contributed by atoms with Gasteiger partial charge < -0.3 is 10.1 Å². The summed E-state index contributed by atoms with van der Waals surface area (Å²) in [4.78, 5) is 13.3. The summed E-state index contributed by atoms with van der Waals surface area (Å²) >= 11 is 0. The van der Waals surface area contributed by atoms with Crippen LogP contribution in [0, 0.1) is 6.92 Å². The number of para-hydroxylation sites is 1. The summed E-state index contributed by atoms with van der Waals surface area (Å²) in [5, 5.41) is 3.00. The van der Waals surface area contributed by atoms with Gasteiger partial charge in [0.05, 0.1) is 18.6 Å². The summed E-state index contributed by atoms with van der Waals surface area (Å²) in [7, 11) is -3.70. The fourth-order valence-corrected chi connectivity index (χ4v) is 4.68. The van der Waals surface area contributed by atoms with E-state index in [2.05, 4.69) is 19.2 Å². The highest BCUT2D eigenvalue weighted by molar-refractivity contribution is 7.92. The number of carbonyl (C=O) groups is 1. The van der Waals surface area contributed by atoms with Crippen molar-refractivity contribution in [1.82, 2.24) is 0 Å². The molecule has 30 heavy (non-hydrogen) atoms. The number of amides is 1. The Morgan fingerprint density at radius 2 is 1.73 bits per heavy atom. The standard InChI is InChI=1S/C23H32N2O4S/c1-7-21(23(26)24-22-17(5)10-9-11-20(22)16(3)4)25(30(6,27)28)18-12-14-19(15-13-18)29-8-2/h9-16,21H,7-8H2,1-6H3,(H,24,26)/t21-/m1/s1. The van der Waals surface area contributed by atoms with E-state index in [0.717, 1.165) is 23.1 Å². The van der Waals surface area contributed by atoms with Gasteiger partial charge in [-0.15, -0.1) is 0 Å². The van der Waals surface area contributed by atoms with Gasteiger partial charge in [-0.3, -0.25) is 9.10 Å². The molecule has 0 aromatic heterocycles. The van der Waals surface area contributed by atoms with Crippen LogP contribution in [0.5, 0.6) is 5.75 Å². The maximum Gasteiger partial charge on any atom is 0.248 e. The third-order valence-corrected chi connectivity index (χ3v) is 6.09. The molecule has 1 atom stereocenters. The normalized spacial score (nSPS) is 12.5. The van der Waals surface area contributed by atoms with E-state index in [1.54, 1.807) is 31.2 Å². The molecular weight excluding hydrogens is 400 g/mol. The van der Waals surface area contributed by atoms with E-state index in [9.17, 15) is 13.2 Å². The van der Waals surface area contributed by atoms with Crippen molar-refractivity contribution >= 4 is 27.3 Å². The zero-order valence-electron chi connectivity index (χ0n) is 18.6. The molecule has 1 amide bonds. The van der Waals surface area contributed by atoms with E-state index in [4.69, 9.17) is 4.74 Å². The molecule has 0 saturated heterocycles. The van der Waals surface area contributed by atoms with Gasteiger partial charge in [-0.1, -0.05) is 39.0 Å². The monoisotopic (exact) mass is 432 g/mol. The molecule has 0 aliphatic carbocycles. The highest BCUT2D eigenvalue weighted by Gasteiger charge is 2.32. The zero-order valence-corrected chi connectivity index (χ0v) is 19.4. The largest absolute Gasteiger partial charge is 0.494 e. The Balaban J connectivity index is 2.42. The number of sulfonamides is 1. The van der Waals surface area contributed by atoms with Crippen LogP contribution in [0.25, 0.3) is 0 Å². The second-order valence-electron chi connectivity index (χ2n) is 7.59. The van der Waals surface area contributed by atoms with E-state index in [0.29, 0.717) is 24.5 Å². The van der Waals surface area contributed by atoms with E-state index >= 15 is 0 Å². The quantitative estimate of drug-likeness (QED) is 0.623. The van der Waals surface area contributed by atoms with Gasteiger partial charge in [0.2, 0.25) is 15.9 Å². The zero-order chi connectivity index (χ0) is 22.5. The lowest BCUT2D eigenvalue weighted by molar-refractivity contribution is -0.117. The highest BCUT2D eigenvalue weighted by Crippen LogP contribution is 2.29. The van der Waals surface area contributed by atoms with Crippen molar-refractivity contribution in [3.8, 4) is 5.75 Å². The smallest absolute Gasteiger partial charge is 0.248 e. The molecule has 0 unspecified atom stereocenters. The first-order valence-electron chi connectivity index (χ1n) is 10.2. The molecule has 0 aliphatic rings. The van der Waals surface area contributed by atoms with Gasteiger partial charge in [0.15, 0.2) is 0 Å². The van der Waals surface area contributed by atoms with Crippen molar-refractivity contribution in [3.63, 3.8) is 0 Å². The number of hydrogen-bond donors (Lipinski definition) is 1. The molecule has 2 rings (SSSR count). The van der Waals surface area contributed by atoms with Crippen molar-refractivity contribution < 1.29 is 17.9 Å². The number of ether oxygens (including phenoxy) is 1. The maximum atomic E-state index is 13.3. The summed E-state index contributed by atoms with van der Waals surface area (Å²) in [5.41, 5.74) is 3.13. The molecule has 2 aromatic rings. The van der Waals surface area contributed by atoms with Crippen LogP contribution in [0.4, 0.5) is 11.4 Å². The fraction of sp³-hybridized carbons (Fsp3) is 0.435.